The lowest BCUT2D eigenvalue weighted by atomic mass is 9.85. The average molecular weight is 194 g/mol. The summed E-state index contributed by atoms with van der Waals surface area (Å²) in [5.74, 6) is 0.941. The Morgan fingerprint density at radius 3 is 2.29 bits per heavy atom. The lowest BCUT2D eigenvalue weighted by molar-refractivity contribution is 0.124. The fourth-order valence-corrected chi connectivity index (χ4v) is 3.63. The van der Waals surface area contributed by atoms with E-state index in [0.29, 0.717) is 0 Å². The number of fused-ring (bicyclic) bond motifs is 2. The maximum Gasteiger partial charge on any atom is 0.0158 e. The monoisotopic (exact) mass is 194 g/mol. The Kier molecular flexibility index (Phi) is 1.94. The van der Waals surface area contributed by atoms with Crippen LogP contribution in [0.3, 0.4) is 0 Å². The van der Waals surface area contributed by atoms with Gasteiger partial charge in [-0.25, -0.2) is 0 Å². The maximum absolute atomic E-state index is 6.21. The molecule has 0 aromatic rings. The average Bonchev–Trinajstić information content (AvgIpc) is 2.82. The predicted molar refractivity (Wildman–Crippen MR) is 58.1 cm³/mol. The zero-order chi connectivity index (χ0) is 9.76. The zero-order valence-corrected chi connectivity index (χ0v) is 9.21. The van der Waals surface area contributed by atoms with Gasteiger partial charge in [-0.15, -0.1) is 0 Å². The van der Waals surface area contributed by atoms with Crippen LogP contribution in [-0.2, 0) is 0 Å². The van der Waals surface area contributed by atoms with Crippen molar-refractivity contribution >= 4 is 0 Å². The van der Waals surface area contributed by atoms with E-state index in [1.807, 2.05) is 0 Å². The van der Waals surface area contributed by atoms with Crippen molar-refractivity contribution < 1.29 is 0 Å². The van der Waals surface area contributed by atoms with E-state index in [4.69, 9.17) is 5.73 Å². The van der Waals surface area contributed by atoms with Crippen LogP contribution in [0.25, 0.3) is 0 Å². The molecule has 2 aliphatic heterocycles. The van der Waals surface area contributed by atoms with E-state index in [2.05, 4.69) is 11.9 Å². The second kappa shape index (κ2) is 2.96. The molecule has 0 aromatic carbocycles. The molecule has 2 heterocycles. The largest absolute Gasteiger partial charge is 0.325 e. The highest BCUT2D eigenvalue weighted by molar-refractivity contribution is 5.03. The molecule has 1 aliphatic carbocycles. The minimum absolute atomic E-state index is 0.278. The van der Waals surface area contributed by atoms with Crippen molar-refractivity contribution in [3.8, 4) is 0 Å². The molecule has 3 rings (SSSR count). The van der Waals surface area contributed by atoms with Crippen LogP contribution in [0.5, 0.6) is 0 Å². The summed E-state index contributed by atoms with van der Waals surface area (Å²) >= 11 is 0. The van der Waals surface area contributed by atoms with Gasteiger partial charge in [-0.05, 0) is 57.9 Å². The Hall–Kier alpha value is -0.0800. The first-order chi connectivity index (χ1) is 6.66. The second-order valence-corrected chi connectivity index (χ2v) is 5.95. The molecule has 3 fully saturated rings. The van der Waals surface area contributed by atoms with Gasteiger partial charge in [0.25, 0.3) is 0 Å². The van der Waals surface area contributed by atoms with E-state index in [9.17, 15) is 0 Å². The lowest BCUT2D eigenvalue weighted by Gasteiger charge is -2.37. The molecule has 14 heavy (non-hydrogen) atoms. The number of hydrogen-bond acceptors (Lipinski definition) is 2. The summed E-state index contributed by atoms with van der Waals surface area (Å²) in [5, 5.41) is 0. The minimum atomic E-state index is 0.278. The van der Waals surface area contributed by atoms with Crippen molar-refractivity contribution in [1.82, 2.24) is 4.90 Å². The molecule has 2 saturated heterocycles. The fraction of sp³-hybridized carbons (Fsp3) is 1.00. The summed E-state index contributed by atoms with van der Waals surface area (Å²) in [5.41, 5.74) is 6.49. The summed E-state index contributed by atoms with van der Waals surface area (Å²) in [7, 11) is 2.31. The first kappa shape index (κ1) is 9.17. The number of nitrogens with two attached hydrogens (primary N) is 1. The number of nitrogens with zero attached hydrogens (tertiary/aromatic N) is 1. The van der Waals surface area contributed by atoms with E-state index < -0.39 is 0 Å². The number of rotatable bonds is 2. The normalized spacial score (nSPS) is 45.4. The summed E-state index contributed by atoms with van der Waals surface area (Å²) in [6.45, 7) is 0. The third kappa shape index (κ3) is 1.49. The smallest absolute Gasteiger partial charge is 0.0158 e. The Morgan fingerprint density at radius 2 is 1.79 bits per heavy atom. The Bertz CT molecular complexity index is 220. The van der Waals surface area contributed by atoms with Crippen molar-refractivity contribution in [1.29, 1.82) is 0 Å². The second-order valence-electron chi connectivity index (χ2n) is 5.95. The molecule has 80 valence electrons. The molecule has 1 saturated carbocycles. The van der Waals surface area contributed by atoms with E-state index >= 15 is 0 Å². The van der Waals surface area contributed by atoms with Crippen LogP contribution >= 0.6 is 0 Å². The first-order valence-corrected chi connectivity index (χ1v) is 6.17. The molecule has 2 bridgehead atoms. The topological polar surface area (TPSA) is 29.3 Å². The van der Waals surface area contributed by atoms with Gasteiger partial charge in [0.1, 0.15) is 0 Å². The standard InChI is InChI=1S/C12H22N2/c1-14-10-2-3-11(14)7-9(6-10)8-12(13)4-5-12/h9-11H,2-8,13H2,1H3. The van der Waals surface area contributed by atoms with Crippen LogP contribution in [0.4, 0.5) is 0 Å². The molecule has 2 nitrogen and oxygen atoms in total. The molecule has 0 aromatic heterocycles. The van der Waals surface area contributed by atoms with Gasteiger partial charge in [-0.1, -0.05) is 0 Å². The fourth-order valence-electron chi connectivity index (χ4n) is 3.63. The van der Waals surface area contributed by atoms with Gasteiger partial charge in [-0.2, -0.15) is 0 Å². The van der Waals surface area contributed by atoms with Gasteiger partial charge in [-0.3, -0.25) is 0 Å². The molecule has 2 atom stereocenters. The molecule has 0 radical (unpaired) electrons. The van der Waals surface area contributed by atoms with Crippen LogP contribution in [0.1, 0.15) is 44.9 Å². The van der Waals surface area contributed by atoms with Crippen LogP contribution in [0, 0.1) is 5.92 Å². The summed E-state index contributed by atoms with van der Waals surface area (Å²) in [6.07, 6.45) is 9.61. The van der Waals surface area contributed by atoms with Crippen LogP contribution in [0.2, 0.25) is 0 Å². The summed E-state index contributed by atoms with van der Waals surface area (Å²) in [4.78, 5) is 2.62. The first-order valence-electron chi connectivity index (χ1n) is 6.17. The third-order valence-electron chi connectivity index (χ3n) is 4.78. The zero-order valence-electron chi connectivity index (χ0n) is 9.21. The minimum Gasteiger partial charge on any atom is -0.325 e. The van der Waals surface area contributed by atoms with E-state index in [-0.39, 0.29) is 5.54 Å². The Labute approximate surface area is 86.8 Å². The predicted octanol–water partition coefficient (Wildman–Crippen LogP) is 1.74. The van der Waals surface area contributed by atoms with Gasteiger partial charge in [0.05, 0.1) is 0 Å². The molecular weight excluding hydrogens is 172 g/mol. The highest BCUT2D eigenvalue weighted by Crippen LogP contribution is 2.45. The maximum atomic E-state index is 6.21. The van der Waals surface area contributed by atoms with Crippen molar-refractivity contribution in [3.05, 3.63) is 0 Å². The van der Waals surface area contributed by atoms with Gasteiger partial charge < -0.3 is 10.6 Å². The van der Waals surface area contributed by atoms with Crippen LogP contribution < -0.4 is 5.73 Å². The van der Waals surface area contributed by atoms with Gasteiger partial charge >= 0.3 is 0 Å². The number of piperidine rings is 1. The van der Waals surface area contributed by atoms with Crippen LogP contribution in [0.15, 0.2) is 0 Å². The molecule has 2 unspecified atom stereocenters. The quantitative estimate of drug-likeness (QED) is 0.725. The van der Waals surface area contributed by atoms with Gasteiger partial charge in [0.2, 0.25) is 0 Å². The highest BCUT2D eigenvalue weighted by atomic mass is 15.2. The molecule has 0 amide bonds. The van der Waals surface area contributed by atoms with E-state index in [1.54, 1.807) is 0 Å². The van der Waals surface area contributed by atoms with Crippen molar-refractivity contribution in [2.75, 3.05) is 7.05 Å². The number of hydrogen-bond donors (Lipinski definition) is 1. The molecule has 0 spiro atoms. The van der Waals surface area contributed by atoms with Crippen molar-refractivity contribution in [2.24, 2.45) is 11.7 Å². The molecule has 2 N–H and O–H groups in total. The summed E-state index contributed by atoms with van der Waals surface area (Å²) < 4.78 is 0. The summed E-state index contributed by atoms with van der Waals surface area (Å²) in [6, 6.07) is 1.78. The third-order valence-corrected chi connectivity index (χ3v) is 4.78. The molecule has 3 aliphatic rings. The SMILES string of the molecule is CN1C2CCC1CC(CC1(N)CC1)C2. The lowest BCUT2D eigenvalue weighted by Crippen LogP contribution is -2.41. The van der Waals surface area contributed by atoms with Gasteiger partial charge in [0, 0.05) is 17.6 Å². The van der Waals surface area contributed by atoms with Gasteiger partial charge in [0.15, 0.2) is 0 Å². The molecular formula is C12H22N2. The Morgan fingerprint density at radius 1 is 1.21 bits per heavy atom. The van der Waals surface area contributed by atoms with Crippen molar-refractivity contribution in [3.63, 3.8) is 0 Å². The molecule has 2 heteroatoms. The highest BCUT2D eigenvalue weighted by Gasteiger charge is 2.44. The van der Waals surface area contributed by atoms with Crippen molar-refractivity contribution in [2.45, 2.75) is 62.6 Å². The van der Waals surface area contributed by atoms with Crippen LogP contribution in [-0.4, -0.2) is 29.6 Å². The van der Waals surface area contributed by atoms with E-state index in [1.165, 1.54) is 44.9 Å². The Balaban J connectivity index is 1.62. The van der Waals surface area contributed by atoms with E-state index in [0.717, 1.165) is 18.0 Å².